The van der Waals surface area contributed by atoms with Crippen molar-refractivity contribution in [2.45, 2.75) is 45.2 Å². The van der Waals surface area contributed by atoms with Gasteiger partial charge in [-0.2, -0.15) is 5.10 Å². The molecule has 1 saturated carbocycles. The van der Waals surface area contributed by atoms with Crippen LogP contribution >= 0.6 is 11.8 Å². The van der Waals surface area contributed by atoms with Crippen molar-refractivity contribution in [3.8, 4) is 0 Å². The highest BCUT2D eigenvalue weighted by atomic mass is 32.2. The van der Waals surface area contributed by atoms with E-state index in [-0.39, 0.29) is 0 Å². The molecule has 18 heavy (non-hydrogen) atoms. The van der Waals surface area contributed by atoms with E-state index in [2.05, 4.69) is 30.5 Å². The fourth-order valence-electron chi connectivity index (χ4n) is 2.63. The summed E-state index contributed by atoms with van der Waals surface area (Å²) in [4.78, 5) is 4.82. The first-order chi connectivity index (χ1) is 8.72. The number of hydrogen-bond acceptors (Lipinski definition) is 4. The fraction of sp³-hybridized carbons (Fsp3) is 0.692. The second kappa shape index (κ2) is 4.96. The van der Waals surface area contributed by atoms with Gasteiger partial charge in [0.2, 0.25) is 0 Å². The lowest BCUT2D eigenvalue weighted by Gasteiger charge is -2.23. The number of aromatic nitrogens is 2. The number of fused-ring (bicyclic) bond motifs is 1. The van der Waals surface area contributed by atoms with E-state index in [1.54, 1.807) is 0 Å². The molecule has 1 aromatic heterocycles. The average molecular weight is 264 g/mol. The van der Waals surface area contributed by atoms with E-state index in [1.807, 2.05) is 22.6 Å². The number of thioether (sulfide) groups is 1. The van der Waals surface area contributed by atoms with Gasteiger partial charge in [-0.3, -0.25) is 9.67 Å². The highest BCUT2D eigenvalue weighted by Gasteiger charge is 2.30. The van der Waals surface area contributed by atoms with Gasteiger partial charge in [0.25, 0.3) is 0 Å². The van der Waals surface area contributed by atoms with E-state index in [1.165, 1.54) is 25.0 Å². The Morgan fingerprint density at radius 2 is 2.33 bits per heavy atom. The minimum absolute atomic E-state index is 0.403. The van der Waals surface area contributed by atoms with Crippen molar-refractivity contribution in [2.24, 2.45) is 10.9 Å². The summed E-state index contributed by atoms with van der Waals surface area (Å²) in [6.07, 6.45) is 7.90. The van der Waals surface area contributed by atoms with Crippen molar-refractivity contribution < 1.29 is 0 Å². The molecule has 0 radical (unpaired) electrons. The van der Waals surface area contributed by atoms with E-state index in [0.29, 0.717) is 12.1 Å². The van der Waals surface area contributed by atoms with Gasteiger partial charge in [0.05, 0.1) is 17.9 Å². The normalized spacial score (nSPS) is 27.2. The molecule has 1 aliphatic carbocycles. The summed E-state index contributed by atoms with van der Waals surface area (Å²) in [7, 11) is 0. The third-order valence-electron chi connectivity index (χ3n) is 3.72. The van der Waals surface area contributed by atoms with Crippen LogP contribution in [0.1, 0.15) is 39.2 Å². The van der Waals surface area contributed by atoms with Gasteiger partial charge in [0.1, 0.15) is 0 Å². The van der Waals surface area contributed by atoms with Gasteiger partial charge < -0.3 is 5.32 Å². The first kappa shape index (κ1) is 12.1. The summed E-state index contributed by atoms with van der Waals surface area (Å²) in [5, 5.41) is 8.81. The Hall–Kier alpha value is -0.970. The van der Waals surface area contributed by atoms with E-state index < -0.39 is 0 Å². The van der Waals surface area contributed by atoms with Crippen molar-refractivity contribution in [2.75, 3.05) is 11.1 Å². The zero-order valence-corrected chi connectivity index (χ0v) is 11.8. The van der Waals surface area contributed by atoms with Crippen molar-refractivity contribution in [3.05, 3.63) is 12.4 Å². The Morgan fingerprint density at radius 3 is 3.11 bits per heavy atom. The number of nitrogens with zero attached hydrogens (tertiary/aromatic N) is 3. The molecule has 1 N–H and O–H groups in total. The molecular formula is C13H20N4S. The number of amidine groups is 1. The molecule has 2 heterocycles. The Bertz CT molecular complexity index is 452. The summed E-state index contributed by atoms with van der Waals surface area (Å²) in [5.41, 5.74) is 1.05. The monoisotopic (exact) mass is 264 g/mol. The summed E-state index contributed by atoms with van der Waals surface area (Å²) >= 11 is 1.85. The number of nitrogens with one attached hydrogen (secondary N) is 1. The molecule has 2 atom stereocenters. The molecule has 1 fully saturated rings. The predicted molar refractivity (Wildman–Crippen MR) is 77.3 cm³/mol. The van der Waals surface area contributed by atoms with Crippen molar-refractivity contribution in [3.63, 3.8) is 0 Å². The SMILES string of the molecule is CC(C)n1cc(NC2=NC3CCCC3CS2)cn1. The molecule has 1 aromatic rings. The lowest BCUT2D eigenvalue weighted by molar-refractivity contribution is 0.532. The van der Waals surface area contributed by atoms with E-state index >= 15 is 0 Å². The maximum absolute atomic E-state index is 4.82. The van der Waals surface area contributed by atoms with Crippen LogP contribution < -0.4 is 5.32 Å². The molecule has 98 valence electrons. The van der Waals surface area contributed by atoms with Gasteiger partial charge in [-0.05, 0) is 32.6 Å². The molecule has 2 aliphatic rings. The molecule has 0 bridgehead atoms. The Balaban J connectivity index is 1.68. The Kier molecular flexibility index (Phi) is 3.33. The first-order valence-corrected chi connectivity index (χ1v) is 7.72. The van der Waals surface area contributed by atoms with Crippen LogP contribution in [-0.2, 0) is 0 Å². The molecule has 1 aliphatic heterocycles. The molecule has 0 spiro atoms. The van der Waals surface area contributed by atoms with Crippen LogP contribution in [0.15, 0.2) is 17.4 Å². The average Bonchev–Trinajstić information content (AvgIpc) is 2.96. The smallest absolute Gasteiger partial charge is 0.161 e. The minimum atomic E-state index is 0.403. The minimum Gasteiger partial charge on any atom is -0.332 e. The van der Waals surface area contributed by atoms with Crippen LogP contribution in [0.2, 0.25) is 0 Å². The summed E-state index contributed by atoms with van der Waals surface area (Å²) in [5.74, 6) is 2.04. The van der Waals surface area contributed by atoms with Gasteiger partial charge in [-0.1, -0.05) is 18.2 Å². The second-order valence-corrected chi connectivity index (χ2v) is 6.44. The van der Waals surface area contributed by atoms with Crippen LogP contribution in [0.5, 0.6) is 0 Å². The molecule has 0 saturated heterocycles. The molecule has 5 heteroatoms. The molecular weight excluding hydrogens is 244 g/mol. The van der Waals surface area contributed by atoms with E-state index in [4.69, 9.17) is 4.99 Å². The quantitative estimate of drug-likeness (QED) is 0.892. The van der Waals surface area contributed by atoms with Gasteiger partial charge in [0, 0.05) is 18.0 Å². The number of anilines is 1. The third-order valence-corrected chi connectivity index (χ3v) is 4.79. The van der Waals surface area contributed by atoms with Gasteiger partial charge in [-0.25, -0.2) is 0 Å². The number of rotatable bonds is 2. The molecule has 4 nitrogen and oxygen atoms in total. The van der Waals surface area contributed by atoms with Crippen molar-refractivity contribution in [1.82, 2.24) is 9.78 Å². The van der Waals surface area contributed by atoms with E-state index in [0.717, 1.165) is 16.8 Å². The van der Waals surface area contributed by atoms with Crippen molar-refractivity contribution in [1.29, 1.82) is 0 Å². The van der Waals surface area contributed by atoms with Gasteiger partial charge in [-0.15, -0.1) is 0 Å². The highest BCUT2D eigenvalue weighted by molar-refractivity contribution is 8.14. The predicted octanol–water partition coefficient (Wildman–Crippen LogP) is 3.15. The van der Waals surface area contributed by atoms with Crippen LogP contribution in [-0.4, -0.2) is 26.7 Å². The first-order valence-electron chi connectivity index (χ1n) is 6.74. The van der Waals surface area contributed by atoms with E-state index in [9.17, 15) is 0 Å². The van der Waals surface area contributed by atoms with Crippen LogP contribution in [0.3, 0.4) is 0 Å². The second-order valence-electron chi connectivity index (χ2n) is 5.43. The van der Waals surface area contributed by atoms with Crippen molar-refractivity contribution >= 4 is 22.6 Å². The third kappa shape index (κ3) is 2.41. The zero-order valence-electron chi connectivity index (χ0n) is 11.0. The molecule has 0 amide bonds. The summed E-state index contributed by atoms with van der Waals surface area (Å²) in [6, 6.07) is 0.967. The highest BCUT2D eigenvalue weighted by Crippen LogP contribution is 2.35. The van der Waals surface area contributed by atoms with Crippen LogP contribution in [0.4, 0.5) is 5.69 Å². The zero-order chi connectivity index (χ0) is 12.5. The molecule has 3 rings (SSSR count). The topological polar surface area (TPSA) is 42.2 Å². The molecule has 2 unspecified atom stereocenters. The summed E-state index contributed by atoms with van der Waals surface area (Å²) in [6.45, 7) is 4.26. The van der Waals surface area contributed by atoms with Crippen LogP contribution in [0, 0.1) is 5.92 Å². The lowest BCUT2D eigenvalue weighted by Crippen LogP contribution is -2.25. The fourth-order valence-corrected chi connectivity index (χ4v) is 3.79. The Labute approximate surface area is 112 Å². The number of aliphatic imine (C=N–C) groups is 1. The number of hydrogen-bond donors (Lipinski definition) is 1. The standard InChI is InChI=1S/C13H20N4S/c1-9(2)17-7-11(6-14-17)15-13-16-12-5-3-4-10(12)8-18-13/h6-7,9-10,12H,3-5,8H2,1-2H3,(H,15,16). The maximum atomic E-state index is 4.82. The maximum Gasteiger partial charge on any atom is 0.161 e. The largest absolute Gasteiger partial charge is 0.332 e. The summed E-state index contributed by atoms with van der Waals surface area (Å²) < 4.78 is 1.97. The van der Waals surface area contributed by atoms with Gasteiger partial charge >= 0.3 is 0 Å². The molecule has 0 aromatic carbocycles. The van der Waals surface area contributed by atoms with Crippen LogP contribution in [0.25, 0.3) is 0 Å². The Morgan fingerprint density at radius 1 is 1.44 bits per heavy atom. The van der Waals surface area contributed by atoms with Gasteiger partial charge in [0.15, 0.2) is 5.17 Å². The lowest BCUT2D eigenvalue weighted by atomic mass is 10.1.